The van der Waals surface area contributed by atoms with Gasteiger partial charge in [-0.15, -0.1) is 0 Å². The molecule has 7 nitrogen and oxygen atoms in total. The Hall–Kier alpha value is -2.93. The molecule has 1 amide bonds. The molecule has 1 saturated heterocycles. The second-order valence-corrected chi connectivity index (χ2v) is 7.10. The van der Waals surface area contributed by atoms with Gasteiger partial charge in [0.05, 0.1) is 37.8 Å². The largest absolute Gasteiger partial charge is 0.492 e. The zero-order chi connectivity index (χ0) is 22.1. The summed E-state index contributed by atoms with van der Waals surface area (Å²) in [6, 6.07) is 13.1. The lowest BCUT2D eigenvalue weighted by atomic mass is 10.2. The minimum absolute atomic E-state index is 0.228. The number of amides is 1. The van der Waals surface area contributed by atoms with Crippen LogP contribution in [0.5, 0.6) is 17.2 Å². The van der Waals surface area contributed by atoms with Crippen LogP contribution in [-0.2, 0) is 9.53 Å². The van der Waals surface area contributed by atoms with E-state index in [4.69, 9.17) is 18.9 Å². The maximum absolute atomic E-state index is 13.0. The van der Waals surface area contributed by atoms with Crippen molar-refractivity contribution in [2.24, 2.45) is 0 Å². The molecule has 0 radical (unpaired) electrons. The lowest BCUT2D eigenvalue weighted by Crippen LogP contribution is -2.36. The minimum atomic E-state index is -0.619. The van der Waals surface area contributed by atoms with Gasteiger partial charge in [-0.2, -0.15) is 0 Å². The molecule has 2 aromatic rings. The van der Waals surface area contributed by atoms with Crippen molar-refractivity contribution < 1.29 is 23.7 Å². The number of anilines is 2. The van der Waals surface area contributed by atoms with Crippen LogP contribution in [-0.4, -0.2) is 51.5 Å². The molecule has 0 saturated carbocycles. The number of morpholine rings is 1. The molecule has 31 heavy (non-hydrogen) atoms. The summed E-state index contributed by atoms with van der Waals surface area (Å²) in [5, 5.41) is 2.98. The third-order valence-electron chi connectivity index (χ3n) is 4.96. The van der Waals surface area contributed by atoms with Crippen LogP contribution in [0, 0.1) is 0 Å². The molecule has 1 N–H and O–H groups in total. The summed E-state index contributed by atoms with van der Waals surface area (Å²) < 4.78 is 23.1. The number of hydrogen-bond donors (Lipinski definition) is 1. The van der Waals surface area contributed by atoms with E-state index in [1.54, 1.807) is 0 Å². The number of ether oxygens (including phenoxy) is 4. The molecule has 0 aromatic heterocycles. The van der Waals surface area contributed by atoms with E-state index in [2.05, 4.69) is 10.2 Å². The van der Waals surface area contributed by atoms with E-state index in [9.17, 15) is 4.79 Å². The molecule has 168 valence electrons. The SMILES string of the molecule is CCOc1cc(N2CCOCC2)c(OCC)cc1NC(=O)[C@@H](CC)Oc1ccccc1. The molecular weight excluding hydrogens is 396 g/mol. The number of benzene rings is 2. The number of para-hydroxylation sites is 1. The quantitative estimate of drug-likeness (QED) is 0.614. The van der Waals surface area contributed by atoms with Gasteiger partial charge in [-0.05, 0) is 32.4 Å². The van der Waals surface area contributed by atoms with Gasteiger partial charge in [-0.1, -0.05) is 25.1 Å². The Morgan fingerprint density at radius 2 is 1.71 bits per heavy atom. The predicted octanol–water partition coefficient (Wildman–Crippen LogP) is 4.12. The highest BCUT2D eigenvalue weighted by atomic mass is 16.5. The lowest BCUT2D eigenvalue weighted by Gasteiger charge is -2.31. The summed E-state index contributed by atoms with van der Waals surface area (Å²) in [6.45, 7) is 9.68. The molecule has 1 aliphatic rings. The Labute approximate surface area is 184 Å². The van der Waals surface area contributed by atoms with Gasteiger partial charge in [0, 0.05) is 25.2 Å². The number of carbonyl (C=O) groups is 1. The molecule has 1 atom stereocenters. The van der Waals surface area contributed by atoms with Gasteiger partial charge < -0.3 is 29.2 Å². The first-order valence-electron chi connectivity index (χ1n) is 10.9. The lowest BCUT2D eigenvalue weighted by molar-refractivity contribution is -0.122. The van der Waals surface area contributed by atoms with E-state index in [1.807, 2.05) is 63.2 Å². The Bertz CT molecular complexity index is 837. The molecule has 1 aliphatic heterocycles. The molecule has 0 bridgehead atoms. The average Bonchev–Trinajstić information content (AvgIpc) is 2.80. The second kappa shape index (κ2) is 11.5. The summed E-state index contributed by atoms with van der Waals surface area (Å²) in [5.74, 6) is 1.75. The van der Waals surface area contributed by atoms with Crippen molar-refractivity contribution in [3.05, 3.63) is 42.5 Å². The molecular formula is C24H32N2O5. The van der Waals surface area contributed by atoms with Gasteiger partial charge in [0.25, 0.3) is 5.91 Å². The van der Waals surface area contributed by atoms with Gasteiger partial charge in [0.15, 0.2) is 6.10 Å². The monoisotopic (exact) mass is 428 g/mol. The Morgan fingerprint density at radius 1 is 1.03 bits per heavy atom. The van der Waals surface area contributed by atoms with E-state index < -0.39 is 6.10 Å². The van der Waals surface area contributed by atoms with E-state index in [0.717, 1.165) is 18.8 Å². The smallest absolute Gasteiger partial charge is 0.265 e. The summed E-state index contributed by atoms with van der Waals surface area (Å²) in [6.07, 6.45) is -0.0825. The average molecular weight is 429 g/mol. The fraction of sp³-hybridized carbons (Fsp3) is 0.458. The maximum atomic E-state index is 13.0. The van der Waals surface area contributed by atoms with Gasteiger partial charge >= 0.3 is 0 Å². The van der Waals surface area contributed by atoms with Gasteiger partial charge in [0.2, 0.25) is 0 Å². The summed E-state index contributed by atoms with van der Waals surface area (Å²) in [4.78, 5) is 15.2. The highest BCUT2D eigenvalue weighted by Crippen LogP contribution is 2.39. The number of nitrogens with zero attached hydrogens (tertiary/aromatic N) is 1. The highest BCUT2D eigenvalue weighted by Gasteiger charge is 2.23. The van der Waals surface area contributed by atoms with Crippen LogP contribution < -0.4 is 24.4 Å². The van der Waals surface area contributed by atoms with Crippen molar-refractivity contribution in [1.82, 2.24) is 0 Å². The summed E-state index contributed by atoms with van der Waals surface area (Å²) >= 11 is 0. The molecule has 1 fully saturated rings. The van der Waals surface area contributed by atoms with Crippen molar-refractivity contribution in [3.63, 3.8) is 0 Å². The van der Waals surface area contributed by atoms with Crippen LogP contribution in [0.25, 0.3) is 0 Å². The number of rotatable bonds is 10. The van der Waals surface area contributed by atoms with Crippen molar-refractivity contribution in [2.45, 2.75) is 33.3 Å². The standard InChI is InChI=1S/C24H32N2O5/c1-4-21(31-18-10-8-7-9-11-18)24(27)25-19-16-23(30-6-3)20(17-22(19)29-5-2)26-12-14-28-15-13-26/h7-11,16-17,21H,4-6,12-15H2,1-3H3,(H,25,27)/t21-/m1/s1. The van der Waals surface area contributed by atoms with Gasteiger partial charge in [-0.3, -0.25) is 4.79 Å². The highest BCUT2D eigenvalue weighted by molar-refractivity contribution is 5.96. The van der Waals surface area contributed by atoms with Crippen LogP contribution in [0.4, 0.5) is 11.4 Å². The van der Waals surface area contributed by atoms with Crippen molar-refractivity contribution in [1.29, 1.82) is 0 Å². The first-order chi connectivity index (χ1) is 15.2. The Morgan fingerprint density at radius 3 is 2.35 bits per heavy atom. The molecule has 2 aromatic carbocycles. The first kappa shape index (κ1) is 22.7. The predicted molar refractivity (Wildman–Crippen MR) is 122 cm³/mol. The topological polar surface area (TPSA) is 69.3 Å². The van der Waals surface area contributed by atoms with E-state index in [1.165, 1.54) is 0 Å². The minimum Gasteiger partial charge on any atom is -0.492 e. The third kappa shape index (κ3) is 6.04. The van der Waals surface area contributed by atoms with E-state index >= 15 is 0 Å². The van der Waals surface area contributed by atoms with Crippen LogP contribution in [0.15, 0.2) is 42.5 Å². The van der Waals surface area contributed by atoms with Crippen molar-refractivity contribution >= 4 is 17.3 Å². The molecule has 7 heteroatoms. The van der Waals surface area contributed by atoms with Crippen molar-refractivity contribution in [3.8, 4) is 17.2 Å². The van der Waals surface area contributed by atoms with Crippen LogP contribution in [0.2, 0.25) is 0 Å². The van der Waals surface area contributed by atoms with Crippen molar-refractivity contribution in [2.75, 3.05) is 49.7 Å². The molecule has 0 spiro atoms. The van der Waals surface area contributed by atoms with Crippen LogP contribution in [0.3, 0.4) is 0 Å². The van der Waals surface area contributed by atoms with Gasteiger partial charge in [0.1, 0.15) is 17.2 Å². The van der Waals surface area contributed by atoms with E-state index in [-0.39, 0.29) is 5.91 Å². The fourth-order valence-electron chi connectivity index (χ4n) is 3.44. The fourth-order valence-corrected chi connectivity index (χ4v) is 3.44. The maximum Gasteiger partial charge on any atom is 0.265 e. The zero-order valence-corrected chi connectivity index (χ0v) is 18.6. The van der Waals surface area contributed by atoms with Crippen LogP contribution >= 0.6 is 0 Å². The normalized spacial score (nSPS) is 14.6. The molecule has 0 aliphatic carbocycles. The van der Waals surface area contributed by atoms with Crippen LogP contribution in [0.1, 0.15) is 27.2 Å². The Balaban J connectivity index is 1.85. The number of carbonyl (C=O) groups excluding carboxylic acids is 1. The molecule has 3 rings (SSSR count). The third-order valence-corrected chi connectivity index (χ3v) is 4.96. The summed E-state index contributed by atoms with van der Waals surface area (Å²) in [7, 11) is 0. The molecule has 0 unspecified atom stereocenters. The first-order valence-corrected chi connectivity index (χ1v) is 10.9. The zero-order valence-electron chi connectivity index (χ0n) is 18.6. The molecule has 1 heterocycles. The van der Waals surface area contributed by atoms with Gasteiger partial charge in [-0.25, -0.2) is 0 Å². The number of hydrogen-bond acceptors (Lipinski definition) is 6. The second-order valence-electron chi connectivity index (χ2n) is 7.10. The Kier molecular flexibility index (Phi) is 8.41. The number of nitrogens with one attached hydrogen (secondary N) is 1. The van der Waals surface area contributed by atoms with E-state index in [0.29, 0.717) is 55.8 Å². The summed E-state index contributed by atoms with van der Waals surface area (Å²) in [5.41, 5.74) is 1.52.